The van der Waals surface area contributed by atoms with Gasteiger partial charge in [0.15, 0.2) is 5.69 Å². The standard InChI is InChI=1S/C13H10BrN5/c1-7-16-9-4-3-8(5-10(9)17-7)13-12(14)11(6-15)18-19(13)2/h3-5H,1-2H3,(H,16,17). The molecule has 3 aromatic rings. The maximum atomic E-state index is 9.01. The zero-order valence-corrected chi connectivity index (χ0v) is 12.0. The molecule has 3 rings (SSSR count). The molecule has 0 atom stereocenters. The minimum absolute atomic E-state index is 0.387. The maximum absolute atomic E-state index is 9.01. The molecule has 0 aliphatic rings. The van der Waals surface area contributed by atoms with Gasteiger partial charge >= 0.3 is 0 Å². The molecule has 0 amide bonds. The number of hydrogen-bond acceptors (Lipinski definition) is 3. The molecule has 0 spiro atoms. The van der Waals surface area contributed by atoms with Crippen LogP contribution in [0.3, 0.4) is 0 Å². The molecule has 19 heavy (non-hydrogen) atoms. The molecular weight excluding hydrogens is 306 g/mol. The molecule has 0 radical (unpaired) electrons. The van der Waals surface area contributed by atoms with Crippen LogP contribution in [0.1, 0.15) is 11.5 Å². The van der Waals surface area contributed by atoms with Crippen molar-refractivity contribution >= 4 is 27.0 Å². The van der Waals surface area contributed by atoms with Crippen molar-refractivity contribution in [3.8, 4) is 17.3 Å². The lowest BCUT2D eigenvalue weighted by molar-refractivity contribution is 0.771. The Bertz CT molecular complexity index is 822. The zero-order chi connectivity index (χ0) is 13.6. The third kappa shape index (κ3) is 1.83. The molecule has 0 saturated heterocycles. The topological polar surface area (TPSA) is 70.3 Å². The van der Waals surface area contributed by atoms with Crippen LogP contribution in [0.5, 0.6) is 0 Å². The van der Waals surface area contributed by atoms with Crippen LogP contribution in [-0.2, 0) is 7.05 Å². The summed E-state index contributed by atoms with van der Waals surface area (Å²) in [6, 6.07) is 8.02. The Balaban J connectivity index is 2.24. The van der Waals surface area contributed by atoms with Gasteiger partial charge in [-0.05, 0) is 35.0 Å². The van der Waals surface area contributed by atoms with Crippen molar-refractivity contribution in [2.24, 2.45) is 7.05 Å². The average Bonchev–Trinajstić information content (AvgIpc) is 2.87. The number of nitrogens with one attached hydrogen (secondary N) is 1. The van der Waals surface area contributed by atoms with Gasteiger partial charge in [0.1, 0.15) is 11.9 Å². The van der Waals surface area contributed by atoms with E-state index in [0.29, 0.717) is 10.2 Å². The van der Waals surface area contributed by atoms with Gasteiger partial charge in [-0.3, -0.25) is 4.68 Å². The average molecular weight is 316 g/mol. The molecular formula is C13H10BrN5. The predicted molar refractivity (Wildman–Crippen MR) is 75.4 cm³/mol. The number of fused-ring (bicyclic) bond motifs is 1. The van der Waals surface area contributed by atoms with Crippen LogP contribution >= 0.6 is 15.9 Å². The molecule has 2 heterocycles. The van der Waals surface area contributed by atoms with Crippen molar-refractivity contribution in [2.45, 2.75) is 6.92 Å². The number of rotatable bonds is 1. The summed E-state index contributed by atoms with van der Waals surface area (Å²) in [4.78, 5) is 7.58. The summed E-state index contributed by atoms with van der Waals surface area (Å²) in [6.45, 7) is 1.92. The van der Waals surface area contributed by atoms with Crippen LogP contribution in [0, 0.1) is 18.3 Å². The highest BCUT2D eigenvalue weighted by molar-refractivity contribution is 9.10. The van der Waals surface area contributed by atoms with Crippen LogP contribution in [0.4, 0.5) is 0 Å². The Kier molecular flexibility index (Phi) is 2.64. The Hall–Kier alpha value is -2.13. The van der Waals surface area contributed by atoms with Crippen molar-refractivity contribution in [2.75, 3.05) is 0 Å². The number of benzene rings is 1. The number of aryl methyl sites for hydroxylation is 2. The summed E-state index contributed by atoms with van der Waals surface area (Å²) in [5, 5.41) is 13.2. The predicted octanol–water partition coefficient (Wildman–Crippen LogP) is 2.91. The molecule has 2 aromatic heterocycles. The molecule has 0 aliphatic heterocycles. The zero-order valence-electron chi connectivity index (χ0n) is 10.4. The van der Waals surface area contributed by atoms with Gasteiger partial charge < -0.3 is 4.98 Å². The number of nitriles is 1. The molecule has 94 valence electrons. The largest absolute Gasteiger partial charge is 0.342 e. The first kappa shape index (κ1) is 11.9. The minimum Gasteiger partial charge on any atom is -0.342 e. The Morgan fingerprint density at radius 2 is 2.21 bits per heavy atom. The molecule has 5 nitrogen and oxygen atoms in total. The summed E-state index contributed by atoms with van der Waals surface area (Å²) in [6.07, 6.45) is 0. The van der Waals surface area contributed by atoms with Crippen molar-refractivity contribution in [1.29, 1.82) is 5.26 Å². The molecule has 0 saturated carbocycles. The summed E-state index contributed by atoms with van der Waals surface area (Å²) < 4.78 is 2.42. The van der Waals surface area contributed by atoms with E-state index in [1.54, 1.807) is 4.68 Å². The number of aromatic nitrogens is 4. The molecule has 0 aliphatic carbocycles. The Labute approximate surface area is 118 Å². The summed E-state index contributed by atoms with van der Waals surface area (Å²) in [7, 11) is 1.82. The van der Waals surface area contributed by atoms with Gasteiger partial charge in [0.2, 0.25) is 0 Å². The minimum atomic E-state index is 0.387. The van der Waals surface area contributed by atoms with Gasteiger partial charge in [0, 0.05) is 12.6 Å². The smallest absolute Gasteiger partial charge is 0.177 e. The second-order valence-electron chi connectivity index (χ2n) is 4.30. The fourth-order valence-electron chi connectivity index (χ4n) is 2.17. The first-order chi connectivity index (χ1) is 9.10. The van der Waals surface area contributed by atoms with Gasteiger partial charge in [0.25, 0.3) is 0 Å². The van der Waals surface area contributed by atoms with E-state index in [9.17, 15) is 0 Å². The van der Waals surface area contributed by atoms with E-state index >= 15 is 0 Å². The van der Waals surface area contributed by atoms with Gasteiger partial charge in [-0.1, -0.05) is 6.07 Å². The third-order valence-corrected chi connectivity index (χ3v) is 3.72. The lowest BCUT2D eigenvalue weighted by Crippen LogP contribution is -1.94. The monoisotopic (exact) mass is 315 g/mol. The second-order valence-corrected chi connectivity index (χ2v) is 5.09. The number of H-pyrrole nitrogens is 1. The van der Waals surface area contributed by atoms with Crippen molar-refractivity contribution < 1.29 is 0 Å². The van der Waals surface area contributed by atoms with E-state index in [4.69, 9.17) is 5.26 Å². The molecule has 1 aromatic carbocycles. The van der Waals surface area contributed by atoms with E-state index in [-0.39, 0.29) is 0 Å². The van der Waals surface area contributed by atoms with Crippen molar-refractivity contribution in [3.05, 3.63) is 34.2 Å². The molecule has 1 N–H and O–H groups in total. The lowest BCUT2D eigenvalue weighted by Gasteiger charge is -2.02. The van der Waals surface area contributed by atoms with Gasteiger partial charge in [0.05, 0.1) is 21.2 Å². The van der Waals surface area contributed by atoms with E-state index in [1.165, 1.54) is 0 Å². The first-order valence-corrected chi connectivity index (χ1v) is 6.49. The highest BCUT2D eigenvalue weighted by Gasteiger charge is 2.15. The van der Waals surface area contributed by atoms with Crippen LogP contribution in [0.15, 0.2) is 22.7 Å². The molecule has 0 fully saturated rings. The van der Waals surface area contributed by atoms with Crippen molar-refractivity contribution in [1.82, 2.24) is 19.7 Å². The van der Waals surface area contributed by atoms with Crippen LogP contribution in [0.25, 0.3) is 22.3 Å². The van der Waals surface area contributed by atoms with Crippen LogP contribution < -0.4 is 0 Å². The number of aromatic amines is 1. The number of halogens is 1. The van der Waals surface area contributed by atoms with Crippen molar-refractivity contribution in [3.63, 3.8) is 0 Å². The Morgan fingerprint density at radius 1 is 1.42 bits per heavy atom. The summed E-state index contributed by atoms with van der Waals surface area (Å²) >= 11 is 3.44. The fraction of sp³-hybridized carbons (Fsp3) is 0.154. The van der Waals surface area contributed by atoms with E-state index in [2.05, 4.69) is 37.1 Å². The number of imidazole rings is 1. The van der Waals surface area contributed by atoms with Crippen LogP contribution in [-0.4, -0.2) is 19.7 Å². The number of nitrogens with zero attached hydrogens (tertiary/aromatic N) is 4. The second kappa shape index (κ2) is 4.21. The number of hydrogen-bond donors (Lipinski definition) is 1. The maximum Gasteiger partial charge on any atom is 0.177 e. The summed E-state index contributed by atoms with van der Waals surface area (Å²) in [5.74, 6) is 0.883. The first-order valence-electron chi connectivity index (χ1n) is 5.69. The molecule has 0 unspecified atom stereocenters. The highest BCUT2D eigenvalue weighted by atomic mass is 79.9. The fourth-order valence-corrected chi connectivity index (χ4v) is 2.82. The van der Waals surface area contributed by atoms with Gasteiger partial charge in [-0.15, -0.1) is 0 Å². The summed E-state index contributed by atoms with van der Waals surface area (Å²) in [5.41, 5.74) is 4.16. The Morgan fingerprint density at radius 3 is 2.89 bits per heavy atom. The lowest BCUT2D eigenvalue weighted by atomic mass is 10.1. The van der Waals surface area contributed by atoms with E-state index in [0.717, 1.165) is 28.1 Å². The normalized spacial score (nSPS) is 10.8. The highest BCUT2D eigenvalue weighted by Crippen LogP contribution is 2.31. The van der Waals surface area contributed by atoms with E-state index in [1.807, 2.05) is 32.2 Å². The molecule has 6 heteroatoms. The van der Waals surface area contributed by atoms with Gasteiger partial charge in [-0.2, -0.15) is 10.4 Å². The van der Waals surface area contributed by atoms with Crippen LogP contribution in [0.2, 0.25) is 0 Å². The van der Waals surface area contributed by atoms with Gasteiger partial charge in [-0.25, -0.2) is 4.98 Å². The SMILES string of the molecule is Cc1nc2ccc(-c3c(Br)c(C#N)nn3C)cc2[nH]1. The third-order valence-electron chi connectivity index (χ3n) is 2.97. The van der Waals surface area contributed by atoms with E-state index < -0.39 is 0 Å². The quantitative estimate of drug-likeness (QED) is 0.750. The molecule has 0 bridgehead atoms.